The van der Waals surface area contributed by atoms with Crippen molar-refractivity contribution in [3.63, 3.8) is 0 Å². The van der Waals surface area contributed by atoms with Crippen LogP contribution >= 0.6 is 0 Å². The molecule has 0 saturated carbocycles. The molecule has 5 nitrogen and oxygen atoms in total. The smallest absolute Gasteiger partial charge is 0.350 e. The van der Waals surface area contributed by atoms with Crippen LogP contribution in [0.3, 0.4) is 0 Å². The van der Waals surface area contributed by atoms with Crippen molar-refractivity contribution in [3.05, 3.63) is 42.1 Å². The molecular formula is C16H17F3N4O. The summed E-state index contributed by atoms with van der Waals surface area (Å²) in [5.74, 6) is 0.722. The van der Waals surface area contributed by atoms with Crippen molar-refractivity contribution < 1.29 is 18.0 Å². The first-order chi connectivity index (χ1) is 11.4. The Balaban J connectivity index is 1.87. The number of nitrogens with one attached hydrogen (secondary N) is 1. The molecule has 0 saturated heterocycles. The van der Waals surface area contributed by atoms with Gasteiger partial charge in [0.15, 0.2) is 0 Å². The Hall–Kier alpha value is -2.51. The number of halogens is 3. The Morgan fingerprint density at radius 1 is 1.25 bits per heavy atom. The number of aromatic nitrogens is 2. The van der Waals surface area contributed by atoms with Gasteiger partial charge in [-0.1, -0.05) is 6.92 Å². The molecule has 1 N–H and O–H groups in total. The fraction of sp³-hybridized carbons (Fsp3) is 0.375. The predicted octanol–water partition coefficient (Wildman–Crippen LogP) is 2.95. The lowest BCUT2D eigenvalue weighted by atomic mass is 10.1. The Labute approximate surface area is 137 Å². The molecule has 0 bridgehead atoms. The second-order valence-corrected chi connectivity index (χ2v) is 5.64. The van der Waals surface area contributed by atoms with Gasteiger partial charge in [-0.05, 0) is 24.3 Å². The quantitative estimate of drug-likeness (QED) is 0.936. The molecule has 3 rings (SSSR count). The molecule has 0 radical (unpaired) electrons. The highest BCUT2D eigenvalue weighted by atomic mass is 19.4. The summed E-state index contributed by atoms with van der Waals surface area (Å²) >= 11 is 0. The summed E-state index contributed by atoms with van der Waals surface area (Å²) in [6.07, 6.45) is -2.35. The fourth-order valence-electron chi connectivity index (χ4n) is 2.77. The zero-order valence-corrected chi connectivity index (χ0v) is 13.0. The van der Waals surface area contributed by atoms with Gasteiger partial charge in [0.25, 0.3) is 0 Å². The second kappa shape index (κ2) is 6.18. The molecule has 128 valence electrons. The molecule has 0 aliphatic carbocycles. The topological polar surface area (TPSA) is 50.2 Å². The molecule has 1 aliphatic heterocycles. The van der Waals surface area contributed by atoms with E-state index in [-0.39, 0.29) is 11.9 Å². The lowest BCUT2D eigenvalue weighted by Gasteiger charge is -2.35. The average molecular weight is 338 g/mol. The summed E-state index contributed by atoms with van der Waals surface area (Å²) < 4.78 is 39.9. The standard InChI is InChI=1S/C16H17F3N4O/c1-2-14(24)21-12-9-22(15-7-8-20-23(15)10-12)13-5-3-11(4-6-13)16(17,18)19/h3-8,12H,2,9-10H2,1H3,(H,21,24). The maximum atomic E-state index is 12.7. The zero-order valence-electron chi connectivity index (χ0n) is 13.0. The number of rotatable bonds is 3. The molecule has 1 aromatic carbocycles. The van der Waals surface area contributed by atoms with E-state index in [4.69, 9.17) is 0 Å². The number of carbonyl (C=O) groups is 1. The fourth-order valence-corrected chi connectivity index (χ4v) is 2.77. The van der Waals surface area contributed by atoms with Crippen LogP contribution in [-0.2, 0) is 17.5 Å². The average Bonchev–Trinajstić information content (AvgIpc) is 3.01. The van der Waals surface area contributed by atoms with Gasteiger partial charge >= 0.3 is 6.18 Å². The maximum Gasteiger partial charge on any atom is 0.416 e. The van der Waals surface area contributed by atoms with Crippen LogP contribution in [-0.4, -0.2) is 28.3 Å². The van der Waals surface area contributed by atoms with E-state index in [9.17, 15) is 18.0 Å². The summed E-state index contributed by atoms with van der Waals surface area (Å²) in [6.45, 7) is 2.78. The number of alkyl halides is 3. The first-order valence-corrected chi connectivity index (χ1v) is 7.64. The van der Waals surface area contributed by atoms with Crippen LogP contribution in [0, 0.1) is 0 Å². The third-order valence-corrected chi connectivity index (χ3v) is 3.96. The van der Waals surface area contributed by atoms with Gasteiger partial charge in [-0.15, -0.1) is 0 Å². The molecule has 8 heteroatoms. The largest absolute Gasteiger partial charge is 0.416 e. The normalized spacial score (nSPS) is 17.5. The Morgan fingerprint density at radius 3 is 2.58 bits per heavy atom. The van der Waals surface area contributed by atoms with Gasteiger partial charge in [0.05, 0.1) is 24.3 Å². The molecule has 1 aliphatic rings. The highest BCUT2D eigenvalue weighted by Crippen LogP contribution is 2.33. The van der Waals surface area contributed by atoms with E-state index >= 15 is 0 Å². The van der Waals surface area contributed by atoms with E-state index in [0.717, 1.165) is 18.0 Å². The molecular weight excluding hydrogens is 321 g/mol. The van der Waals surface area contributed by atoms with Crippen molar-refractivity contribution in [2.45, 2.75) is 32.1 Å². The minimum atomic E-state index is -4.36. The van der Waals surface area contributed by atoms with E-state index < -0.39 is 11.7 Å². The van der Waals surface area contributed by atoms with E-state index in [2.05, 4.69) is 10.4 Å². The van der Waals surface area contributed by atoms with Crippen LogP contribution < -0.4 is 10.2 Å². The van der Waals surface area contributed by atoms with Gasteiger partial charge in [-0.3, -0.25) is 4.79 Å². The van der Waals surface area contributed by atoms with Crippen molar-refractivity contribution in [2.24, 2.45) is 0 Å². The third-order valence-electron chi connectivity index (χ3n) is 3.96. The van der Waals surface area contributed by atoms with Gasteiger partial charge in [-0.2, -0.15) is 18.3 Å². The molecule has 24 heavy (non-hydrogen) atoms. The van der Waals surface area contributed by atoms with Crippen molar-refractivity contribution in [1.29, 1.82) is 0 Å². The van der Waals surface area contributed by atoms with Crippen molar-refractivity contribution in [1.82, 2.24) is 15.1 Å². The van der Waals surface area contributed by atoms with Gasteiger partial charge in [0, 0.05) is 24.7 Å². The summed E-state index contributed by atoms with van der Waals surface area (Å²) in [6, 6.07) is 6.63. The van der Waals surface area contributed by atoms with E-state index in [1.54, 1.807) is 23.9 Å². The Morgan fingerprint density at radius 2 is 1.96 bits per heavy atom. The molecule has 0 spiro atoms. The van der Waals surface area contributed by atoms with Crippen LogP contribution in [0.1, 0.15) is 18.9 Å². The predicted molar refractivity (Wildman–Crippen MR) is 82.9 cm³/mol. The van der Waals surface area contributed by atoms with E-state index in [1.165, 1.54) is 12.1 Å². The SMILES string of the molecule is CCC(=O)NC1CN(c2ccc(C(F)(F)F)cc2)c2ccnn2C1. The first kappa shape index (κ1) is 16.4. The van der Waals surface area contributed by atoms with Crippen LogP contribution in [0.15, 0.2) is 36.5 Å². The number of fused-ring (bicyclic) bond motifs is 1. The van der Waals surface area contributed by atoms with Crippen molar-refractivity contribution >= 4 is 17.4 Å². The monoisotopic (exact) mass is 338 g/mol. The number of hydrogen-bond donors (Lipinski definition) is 1. The van der Waals surface area contributed by atoms with Crippen molar-refractivity contribution in [2.75, 3.05) is 11.4 Å². The number of amides is 1. The number of hydrogen-bond acceptors (Lipinski definition) is 3. The Bertz CT molecular complexity index is 724. The lowest BCUT2D eigenvalue weighted by molar-refractivity contribution is -0.137. The summed E-state index contributed by atoms with van der Waals surface area (Å²) in [4.78, 5) is 13.5. The van der Waals surface area contributed by atoms with Crippen molar-refractivity contribution in [3.8, 4) is 0 Å². The molecule has 1 unspecified atom stereocenters. The third kappa shape index (κ3) is 3.22. The molecule has 0 fully saturated rings. The molecule has 2 heterocycles. The second-order valence-electron chi connectivity index (χ2n) is 5.64. The number of nitrogens with zero attached hydrogens (tertiary/aromatic N) is 3. The van der Waals surface area contributed by atoms with Crippen LogP contribution in [0.2, 0.25) is 0 Å². The van der Waals surface area contributed by atoms with Crippen LogP contribution in [0.25, 0.3) is 0 Å². The summed E-state index contributed by atoms with van der Waals surface area (Å²) in [5, 5.41) is 7.13. The van der Waals surface area contributed by atoms with Gasteiger partial charge < -0.3 is 10.2 Å². The lowest BCUT2D eigenvalue weighted by Crippen LogP contribution is -2.48. The van der Waals surface area contributed by atoms with Gasteiger partial charge in [0.2, 0.25) is 5.91 Å². The van der Waals surface area contributed by atoms with Gasteiger partial charge in [0.1, 0.15) is 5.82 Å². The zero-order chi connectivity index (χ0) is 17.3. The Kier molecular flexibility index (Phi) is 4.21. The number of benzene rings is 1. The first-order valence-electron chi connectivity index (χ1n) is 7.64. The molecule has 2 aromatic rings. The number of anilines is 2. The molecule has 1 atom stereocenters. The maximum absolute atomic E-state index is 12.7. The highest BCUT2D eigenvalue weighted by Gasteiger charge is 2.31. The summed E-state index contributed by atoms with van der Waals surface area (Å²) in [5.41, 5.74) is -0.0622. The van der Waals surface area contributed by atoms with Crippen LogP contribution in [0.4, 0.5) is 24.7 Å². The van der Waals surface area contributed by atoms with E-state index in [1.807, 2.05) is 4.90 Å². The summed E-state index contributed by atoms with van der Waals surface area (Å²) in [7, 11) is 0. The van der Waals surface area contributed by atoms with E-state index in [0.29, 0.717) is 25.2 Å². The number of carbonyl (C=O) groups excluding carboxylic acids is 1. The molecule has 1 aromatic heterocycles. The minimum Gasteiger partial charge on any atom is -0.350 e. The van der Waals surface area contributed by atoms with Crippen LogP contribution in [0.5, 0.6) is 0 Å². The molecule has 1 amide bonds. The minimum absolute atomic E-state index is 0.0667. The van der Waals surface area contributed by atoms with Gasteiger partial charge in [-0.25, -0.2) is 4.68 Å². The highest BCUT2D eigenvalue weighted by molar-refractivity contribution is 5.76.